The molecule has 0 radical (unpaired) electrons. The molecule has 4 heterocycles. The fraction of sp³-hybridized carbons (Fsp3) is 0.0690. The molecule has 4 aromatic heterocycles. The van der Waals surface area contributed by atoms with Crippen molar-refractivity contribution in [3.63, 3.8) is 0 Å². The number of aromatic nitrogens is 4. The summed E-state index contributed by atoms with van der Waals surface area (Å²) < 4.78 is 107. The molecule has 0 N–H and O–H groups in total. The third-order valence-electron chi connectivity index (χ3n) is 11.6. The van der Waals surface area contributed by atoms with Crippen molar-refractivity contribution in [2.45, 2.75) is 26.2 Å². The average Bonchev–Trinajstić information content (AvgIpc) is 4.09. The zero-order valence-corrected chi connectivity index (χ0v) is 37.3. The summed E-state index contributed by atoms with van der Waals surface area (Å²) in [7, 11) is 0. The Morgan fingerprint density at radius 3 is 2.08 bits per heavy atom. The molecule has 6 nitrogen and oxygen atoms in total. The van der Waals surface area contributed by atoms with Gasteiger partial charge in [-0.3, -0.25) is 4.57 Å². The first-order valence-electron chi connectivity index (χ1n) is 25.7. The van der Waals surface area contributed by atoms with Crippen LogP contribution in [-0.2, 0) is 26.5 Å². The summed E-state index contributed by atoms with van der Waals surface area (Å²) in [6, 6.07) is 39.0. The van der Waals surface area contributed by atoms with Crippen molar-refractivity contribution in [1.29, 1.82) is 0 Å². The van der Waals surface area contributed by atoms with Crippen LogP contribution in [0, 0.1) is 18.5 Å². The van der Waals surface area contributed by atoms with E-state index in [1.165, 1.54) is 0 Å². The Labute approximate surface area is 404 Å². The van der Waals surface area contributed by atoms with Gasteiger partial charge in [0.2, 0.25) is 0 Å². The minimum atomic E-state index is -0.590. The van der Waals surface area contributed by atoms with Crippen LogP contribution in [0.15, 0.2) is 192 Å². The van der Waals surface area contributed by atoms with Crippen LogP contribution in [0.25, 0.3) is 94.2 Å². The molecule has 0 aliphatic heterocycles. The minimum absolute atomic E-state index is 0. The van der Waals surface area contributed by atoms with Crippen LogP contribution in [0.2, 0.25) is 0 Å². The van der Waals surface area contributed by atoms with Gasteiger partial charge in [-0.15, -0.1) is 29.7 Å². The number of nitrogens with zero attached hydrogens (tertiary/aromatic N) is 4. The molecule has 0 saturated carbocycles. The number of hydrogen-bond acceptors (Lipinski definition) is 3. The number of rotatable bonds is 7. The summed E-state index contributed by atoms with van der Waals surface area (Å²) in [5.41, 5.74) is 5.06. The maximum atomic E-state index is 9.17. The molecule has 8 aromatic carbocycles. The van der Waals surface area contributed by atoms with Crippen LogP contribution < -0.4 is 9.30 Å². The van der Waals surface area contributed by atoms with Gasteiger partial charge in [-0.1, -0.05) is 153 Å². The standard InChI is InChI=1S/C58H40N4O2.Pt/c1-58(2,3)40-32-33-59-54(34-40)62-50-26-12-10-22-46(50)47-29-28-43(36-52(47)62)63-42-21-14-20-41(35-42)60-37-61(56-51(60)31-30-49-48-23-11-13-27-53(48)64-57(49)56)55-44(38-16-6-4-7-17-38)24-15-25-45(55)39-18-8-5-9-19-39;/h4-34H,1-3H3;/q-2;/i4D,5D,6D,7D,8D,9D,16D,17D,18D,19D;. The van der Waals surface area contributed by atoms with E-state index in [1.54, 1.807) is 39.5 Å². The Kier molecular flexibility index (Phi) is 7.48. The smallest absolute Gasteiger partial charge is 0.268 e. The van der Waals surface area contributed by atoms with Gasteiger partial charge in [0.1, 0.15) is 22.5 Å². The Morgan fingerprint density at radius 2 is 1.32 bits per heavy atom. The van der Waals surface area contributed by atoms with Crippen LogP contribution in [0.3, 0.4) is 0 Å². The molecule has 0 bridgehead atoms. The first-order valence-corrected chi connectivity index (χ1v) is 20.7. The van der Waals surface area contributed by atoms with Crippen LogP contribution >= 0.6 is 0 Å². The summed E-state index contributed by atoms with van der Waals surface area (Å²) in [6.07, 6.45) is 5.30. The minimum Gasteiger partial charge on any atom is -0.510 e. The van der Waals surface area contributed by atoms with Gasteiger partial charge in [-0.2, -0.15) is 18.2 Å². The Balaban J connectivity index is 0.00000602. The van der Waals surface area contributed by atoms with Crippen LogP contribution in [0.1, 0.15) is 40.0 Å². The van der Waals surface area contributed by atoms with E-state index in [9.17, 15) is 0 Å². The van der Waals surface area contributed by atoms with Crippen molar-refractivity contribution >= 4 is 54.8 Å². The molecule has 7 heteroatoms. The monoisotopic (exact) mass is 1030 g/mol. The molecule has 0 aliphatic rings. The SMILES string of the molecule is [2H]c1c([2H])c([2H])c(-c2cccc(-c3c([2H])c([2H])c([2H])c([2H])c3[2H])c2-[n+]2[c-]n(-c3[c-]c(Oc4[c-]c5c(cc4)c4ccccc4n5-c4cc(C(C)(C)C)ccn4)ccc3)c3ccc4c5ccccc5oc4c32)c([2H])c1[2H].[Pt]. The normalized spacial score (nSPS) is 14.0. The van der Waals surface area contributed by atoms with E-state index in [0.717, 1.165) is 44.0 Å². The summed E-state index contributed by atoms with van der Waals surface area (Å²) in [6.45, 7) is 6.50. The molecule has 0 unspecified atom stereocenters. The van der Waals surface area contributed by atoms with E-state index >= 15 is 0 Å². The van der Waals surface area contributed by atoms with E-state index in [1.807, 2.05) is 79.0 Å². The van der Waals surface area contributed by atoms with Gasteiger partial charge in [0.25, 0.3) is 6.33 Å². The van der Waals surface area contributed by atoms with E-state index in [2.05, 4.69) is 62.0 Å². The van der Waals surface area contributed by atoms with Gasteiger partial charge in [0.15, 0.2) is 0 Å². The number of ether oxygens (including phenoxy) is 1. The molecule has 0 fully saturated rings. The molecule has 0 aliphatic carbocycles. The predicted molar refractivity (Wildman–Crippen MR) is 257 cm³/mol. The van der Waals surface area contributed by atoms with Gasteiger partial charge in [0, 0.05) is 55.1 Å². The third-order valence-corrected chi connectivity index (χ3v) is 11.6. The van der Waals surface area contributed by atoms with Crippen molar-refractivity contribution < 1.29 is 48.5 Å². The summed E-state index contributed by atoms with van der Waals surface area (Å²) in [5.74, 6) is 1.49. The maximum Gasteiger partial charge on any atom is 0.268 e. The quantitative estimate of drug-likeness (QED) is 0.118. The van der Waals surface area contributed by atoms with Crippen molar-refractivity contribution in [3.8, 4) is 50.9 Å². The molecule has 12 aromatic rings. The van der Waals surface area contributed by atoms with Gasteiger partial charge in [-0.25, -0.2) is 4.98 Å². The fourth-order valence-electron chi connectivity index (χ4n) is 8.59. The van der Waals surface area contributed by atoms with Crippen molar-refractivity contribution in [2.24, 2.45) is 0 Å². The molecule has 0 atom stereocenters. The van der Waals surface area contributed by atoms with Gasteiger partial charge >= 0.3 is 0 Å². The van der Waals surface area contributed by atoms with Crippen LogP contribution in [0.4, 0.5) is 0 Å². The second-order valence-corrected chi connectivity index (χ2v) is 16.5. The zero-order valence-electron chi connectivity index (χ0n) is 45.0. The number of hydrogen-bond donors (Lipinski definition) is 0. The second kappa shape index (κ2) is 15.9. The van der Waals surface area contributed by atoms with Crippen LogP contribution in [0.5, 0.6) is 11.5 Å². The Hall–Kier alpha value is -7.53. The number of benzene rings is 8. The number of pyridine rings is 1. The average molecular weight is 1030 g/mol. The third kappa shape index (κ3) is 6.84. The van der Waals surface area contributed by atoms with Crippen molar-refractivity contribution in [3.05, 3.63) is 212 Å². The van der Waals surface area contributed by atoms with Crippen molar-refractivity contribution in [1.82, 2.24) is 14.1 Å². The molecular weight excluding hydrogens is 980 g/mol. The van der Waals surface area contributed by atoms with E-state index in [-0.39, 0.29) is 54.4 Å². The maximum absolute atomic E-state index is 9.17. The summed E-state index contributed by atoms with van der Waals surface area (Å²) >= 11 is 0. The molecule has 0 amide bonds. The zero-order chi connectivity index (χ0) is 51.6. The predicted octanol–water partition coefficient (Wildman–Crippen LogP) is 14.1. The first-order chi connectivity index (χ1) is 35.5. The van der Waals surface area contributed by atoms with Gasteiger partial charge < -0.3 is 18.3 Å². The fourth-order valence-corrected chi connectivity index (χ4v) is 8.59. The first kappa shape index (κ1) is 30.5. The number of imidazole rings is 1. The largest absolute Gasteiger partial charge is 0.510 e. The topological polar surface area (TPSA) is 49.0 Å². The van der Waals surface area contributed by atoms with E-state index in [0.29, 0.717) is 39.4 Å². The van der Waals surface area contributed by atoms with Gasteiger partial charge in [0.05, 0.1) is 24.9 Å². The van der Waals surface area contributed by atoms with E-state index in [4.69, 9.17) is 27.8 Å². The Bertz CT molecular complexity index is 4220. The molecule has 0 spiro atoms. The number of fused-ring (bicyclic) bond motifs is 8. The molecule has 12 rings (SSSR count). The van der Waals surface area contributed by atoms with Crippen molar-refractivity contribution in [2.75, 3.05) is 0 Å². The Morgan fingerprint density at radius 1 is 0.646 bits per heavy atom. The molecule has 316 valence electrons. The molecule has 65 heavy (non-hydrogen) atoms. The second-order valence-electron chi connectivity index (χ2n) is 16.5. The number of furan rings is 1. The van der Waals surface area contributed by atoms with E-state index < -0.39 is 60.4 Å². The number of para-hydroxylation sites is 3. The summed E-state index contributed by atoms with van der Waals surface area (Å²) in [5, 5.41) is 3.53. The molecular formula is C58H40N4O2Pt-2. The van der Waals surface area contributed by atoms with Gasteiger partial charge in [-0.05, 0) is 68.6 Å². The van der Waals surface area contributed by atoms with Crippen LogP contribution in [-0.4, -0.2) is 14.1 Å². The summed E-state index contributed by atoms with van der Waals surface area (Å²) in [4.78, 5) is 4.81. The molecule has 0 saturated heterocycles.